The van der Waals surface area contributed by atoms with Crippen LogP contribution < -0.4 is 11.5 Å². The van der Waals surface area contributed by atoms with Gasteiger partial charge in [0.2, 0.25) is 0 Å². The molecule has 4 aromatic heterocycles. The van der Waals surface area contributed by atoms with Crippen LogP contribution in [0.4, 0.5) is 16.0 Å². The molecule has 3 fully saturated rings. The summed E-state index contributed by atoms with van der Waals surface area (Å²) in [6.45, 7) is -9.23. The molecule has 0 radical (unpaired) electrons. The number of anilines is 2. The zero-order valence-corrected chi connectivity index (χ0v) is 25.2. The number of alkyl halides is 1. The van der Waals surface area contributed by atoms with E-state index >= 15 is 4.39 Å². The summed E-state index contributed by atoms with van der Waals surface area (Å²) in [6, 6.07) is 0. The van der Waals surface area contributed by atoms with E-state index in [1.807, 2.05) is 0 Å². The lowest BCUT2D eigenvalue weighted by Crippen LogP contribution is -2.33. The Morgan fingerprint density at radius 2 is 1.37 bits per heavy atom. The van der Waals surface area contributed by atoms with Crippen LogP contribution in [0, 0.1) is 0 Å². The Kier molecular flexibility index (Phi) is 7.40. The number of imidazole rings is 2. The number of nitrogen functional groups attached to an aromatic ring is 2. The van der Waals surface area contributed by atoms with Crippen LogP contribution in [0.3, 0.4) is 0 Å². The van der Waals surface area contributed by atoms with E-state index in [0.717, 1.165) is 0 Å². The number of hydrogen-bond acceptors (Lipinski definition) is 16. The van der Waals surface area contributed by atoms with Crippen LogP contribution in [-0.4, -0.2) is 82.8 Å². The second-order valence-corrected chi connectivity index (χ2v) is 15.6. The Labute approximate surface area is 251 Å². The first-order valence-corrected chi connectivity index (χ1v) is 18.0. The molecule has 7 rings (SSSR count). The van der Waals surface area contributed by atoms with Gasteiger partial charge < -0.3 is 20.9 Å². The second-order valence-electron chi connectivity index (χ2n) is 9.80. The monoisotopic (exact) mass is 676 g/mol. The highest BCUT2D eigenvalue weighted by molar-refractivity contribution is 8.44. The maximum Gasteiger partial charge on any atom is 0.386 e. The summed E-state index contributed by atoms with van der Waals surface area (Å²) in [6.07, 6.45) is -3.59. The summed E-state index contributed by atoms with van der Waals surface area (Å²) in [5.74, 6) is 0.225. The number of nitrogens with two attached hydrogens (primary N) is 2. The van der Waals surface area contributed by atoms with Crippen LogP contribution in [0.15, 0.2) is 25.3 Å². The largest absolute Gasteiger partial charge is 0.386 e. The number of halogens is 1. The van der Waals surface area contributed by atoms with Gasteiger partial charge in [-0.2, -0.15) is 0 Å². The quantitative estimate of drug-likeness (QED) is 0.176. The number of ether oxygens (including phenoxy) is 2. The first-order chi connectivity index (χ1) is 20.5. The molecule has 230 valence electrons. The summed E-state index contributed by atoms with van der Waals surface area (Å²) in [4.78, 5) is 24.5. The van der Waals surface area contributed by atoms with Gasteiger partial charge in [0.1, 0.15) is 42.0 Å². The molecule has 3 saturated heterocycles. The average Bonchev–Trinajstić information content (AvgIpc) is 3.72. The number of nitrogens with zero attached hydrogens (tertiary/aromatic N) is 8. The highest BCUT2D eigenvalue weighted by Gasteiger charge is 2.52. The van der Waals surface area contributed by atoms with E-state index in [1.165, 1.54) is 34.4 Å². The Bertz CT molecular complexity index is 1800. The van der Waals surface area contributed by atoms with Gasteiger partial charge in [0.25, 0.3) is 0 Å². The van der Waals surface area contributed by atoms with Gasteiger partial charge in [-0.15, -0.1) is 0 Å². The van der Waals surface area contributed by atoms with Crippen LogP contribution in [-0.2, 0) is 36.7 Å². The third-order valence-corrected chi connectivity index (χ3v) is 10.3. The summed E-state index contributed by atoms with van der Waals surface area (Å²) in [5.41, 5.74) is 12.8. The van der Waals surface area contributed by atoms with Crippen molar-refractivity contribution in [3.63, 3.8) is 0 Å². The van der Waals surface area contributed by atoms with Crippen LogP contribution >= 0.6 is 38.1 Å². The van der Waals surface area contributed by atoms with E-state index in [4.69, 9.17) is 39.0 Å². The third kappa shape index (κ3) is 5.41. The van der Waals surface area contributed by atoms with Crippen LogP contribution in [0.5, 0.6) is 0 Å². The summed E-state index contributed by atoms with van der Waals surface area (Å²) in [5, 5.41) is 0. The van der Waals surface area contributed by atoms with E-state index in [1.54, 1.807) is 0 Å². The fourth-order valence-corrected chi connectivity index (χ4v) is 8.18. The second kappa shape index (κ2) is 10.9. The molecule has 0 spiro atoms. The molecule has 9 atom stereocenters. The lowest BCUT2D eigenvalue weighted by atomic mass is 10.1. The molecule has 1 unspecified atom stereocenters. The SMILES string of the molecule is Nc1ncnc2c1ncn2[C@@H]1O[C@@H]2CO[P@@](=O)(S)O[C@@H]3CC(CO[P@@](=O)(S)O[C@H]2[C@H]1F)O[C@H]3n1cnc2c(N)ncnc21. The molecular formula is C20H23FN10O8P2S2. The summed E-state index contributed by atoms with van der Waals surface area (Å²) < 4.78 is 80.0. The number of aromatic nitrogens is 8. The molecule has 43 heavy (non-hydrogen) atoms. The van der Waals surface area contributed by atoms with Crippen molar-refractivity contribution < 1.29 is 41.1 Å². The third-order valence-electron chi connectivity index (χ3n) is 7.08. The van der Waals surface area contributed by atoms with E-state index in [9.17, 15) is 9.13 Å². The van der Waals surface area contributed by atoms with Crippen molar-refractivity contribution in [3.8, 4) is 0 Å². The first-order valence-electron chi connectivity index (χ1n) is 12.6. The van der Waals surface area contributed by atoms with Gasteiger partial charge in [-0.1, -0.05) is 24.5 Å². The van der Waals surface area contributed by atoms with Crippen LogP contribution in [0.25, 0.3) is 22.3 Å². The van der Waals surface area contributed by atoms with Gasteiger partial charge in [-0.05, 0) is 0 Å². The van der Waals surface area contributed by atoms with E-state index in [2.05, 4.69) is 54.4 Å². The molecule has 4 N–H and O–H groups in total. The zero-order chi connectivity index (χ0) is 30.1. The Morgan fingerprint density at radius 1 is 0.791 bits per heavy atom. The molecule has 18 nitrogen and oxygen atoms in total. The number of fused-ring (bicyclic) bond motifs is 5. The van der Waals surface area contributed by atoms with Crippen LogP contribution in [0.1, 0.15) is 18.9 Å². The summed E-state index contributed by atoms with van der Waals surface area (Å²) in [7, 11) is 0. The van der Waals surface area contributed by atoms with Crippen molar-refractivity contribution in [1.29, 1.82) is 0 Å². The number of hydrogen-bond donors (Lipinski definition) is 4. The van der Waals surface area contributed by atoms with E-state index in [0.29, 0.717) is 11.2 Å². The fourth-order valence-electron chi connectivity index (χ4n) is 5.18. The van der Waals surface area contributed by atoms with Gasteiger partial charge in [-0.3, -0.25) is 27.2 Å². The predicted octanol–water partition coefficient (Wildman–Crippen LogP) is 2.25. The molecule has 2 bridgehead atoms. The van der Waals surface area contributed by atoms with Crippen molar-refractivity contribution in [2.75, 3.05) is 24.7 Å². The van der Waals surface area contributed by atoms with Crippen molar-refractivity contribution in [3.05, 3.63) is 25.3 Å². The molecule has 4 aromatic rings. The summed E-state index contributed by atoms with van der Waals surface area (Å²) >= 11 is 8.21. The van der Waals surface area contributed by atoms with Gasteiger partial charge in [0, 0.05) is 6.42 Å². The molecule has 23 heteroatoms. The van der Waals surface area contributed by atoms with Gasteiger partial charge in [0.15, 0.2) is 41.6 Å². The number of rotatable bonds is 2. The topological polar surface area (TPSA) is 229 Å². The maximum atomic E-state index is 16.0. The average molecular weight is 677 g/mol. The normalized spacial score (nSPS) is 37.1. The lowest BCUT2D eigenvalue weighted by molar-refractivity contribution is -0.0561. The molecule has 7 heterocycles. The minimum Gasteiger partial charge on any atom is -0.382 e. The predicted molar refractivity (Wildman–Crippen MR) is 152 cm³/mol. The lowest BCUT2D eigenvalue weighted by Gasteiger charge is -2.26. The smallest absolute Gasteiger partial charge is 0.382 e. The highest BCUT2D eigenvalue weighted by atomic mass is 32.7. The Hall–Kier alpha value is -2.45. The van der Waals surface area contributed by atoms with Gasteiger partial charge >= 0.3 is 13.6 Å². The minimum atomic E-state index is -4.23. The molecule has 3 aliphatic rings. The van der Waals surface area contributed by atoms with Crippen molar-refractivity contribution >= 4 is 72.1 Å². The minimum absolute atomic E-state index is 0.0791. The van der Waals surface area contributed by atoms with E-state index in [-0.39, 0.29) is 35.8 Å². The fraction of sp³-hybridized carbons (Fsp3) is 0.500. The highest BCUT2D eigenvalue weighted by Crippen LogP contribution is 2.60. The maximum absolute atomic E-state index is 16.0. The van der Waals surface area contributed by atoms with Crippen molar-refractivity contribution in [1.82, 2.24) is 39.0 Å². The molecular weight excluding hydrogens is 653 g/mol. The van der Waals surface area contributed by atoms with E-state index < -0.39 is 63.2 Å². The molecule has 0 aromatic carbocycles. The first kappa shape index (κ1) is 29.3. The van der Waals surface area contributed by atoms with Crippen LogP contribution in [0.2, 0.25) is 0 Å². The Balaban J connectivity index is 1.18. The molecule has 3 aliphatic heterocycles. The van der Waals surface area contributed by atoms with Crippen molar-refractivity contribution in [2.24, 2.45) is 0 Å². The standard InChI is InChI=1S/C20H23FN10O8P2S2/c21-11-14-10(37-20(11)31-7-29-13-16(23)25-5-27-18(13)31)3-35-40(32,42)38-9-1-8(2-34-41(33,43)39-14)36-19(9)30-6-28-12-15(22)24-4-26-17(12)30/h4-11,14,19-20H,1-3H2,(H,32,42)(H,33,43)(H2,22,24,26)(H2,23,25,27)/t8?,9-,10-,11-,14-,19-,20-,40-,41-/m1/s1. The molecule has 0 saturated carbocycles. The molecule has 0 amide bonds. The van der Waals surface area contributed by atoms with Gasteiger partial charge in [-0.25, -0.2) is 43.4 Å². The van der Waals surface area contributed by atoms with Gasteiger partial charge in [0.05, 0.1) is 32.0 Å². The van der Waals surface area contributed by atoms with Crippen molar-refractivity contribution in [2.45, 2.75) is 49.5 Å². The zero-order valence-electron chi connectivity index (χ0n) is 21.6. The molecule has 0 aliphatic carbocycles. The Morgan fingerprint density at radius 3 is 2.02 bits per heavy atom. The number of thiol groups is 2.